The highest BCUT2D eigenvalue weighted by Gasteiger charge is 2.40. The molecule has 1 amide bonds. The van der Waals surface area contributed by atoms with Crippen molar-refractivity contribution in [3.05, 3.63) is 42.0 Å². The molecule has 1 aromatic heterocycles. The number of hydrogen-bond donors (Lipinski definition) is 1. The Bertz CT molecular complexity index is 683. The Hall–Kier alpha value is -2.21. The minimum Gasteiger partial charge on any atom is -0.390 e. The van der Waals surface area contributed by atoms with E-state index in [-0.39, 0.29) is 11.8 Å². The fourth-order valence-corrected chi connectivity index (χ4v) is 2.63. The molecule has 1 N–H and O–H groups in total. The molecule has 0 saturated carbocycles. The number of aryl methyl sites for hydroxylation is 1. The third-order valence-corrected chi connectivity index (χ3v) is 4.25. The average molecular weight is 300 g/mol. The smallest absolute Gasteiger partial charge is 0.256 e. The maximum Gasteiger partial charge on any atom is 0.256 e. The van der Waals surface area contributed by atoms with Gasteiger partial charge in [-0.15, -0.1) is 10.2 Å². The SMILES string of the molecule is Cc1ccc(-n2cnnc2)c(C(=O)N2CC(C(C)(C)O)C2)c1. The molecule has 0 bridgehead atoms. The topological polar surface area (TPSA) is 71.2 Å². The van der Waals surface area contributed by atoms with Crippen molar-refractivity contribution in [2.45, 2.75) is 26.4 Å². The Labute approximate surface area is 129 Å². The van der Waals surface area contributed by atoms with Crippen LogP contribution in [0.4, 0.5) is 0 Å². The number of carbonyl (C=O) groups excluding carboxylic acids is 1. The monoisotopic (exact) mass is 300 g/mol. The summed E-state index contributed by atoms with van der Waals surface area (Å²) in [6.07, 6.45) is 3.16. The van der Waals surface area contributed by atoms with Gasteiger partial charge in [-0.05, 0) is 32.9 Å². The lowest BCUT2D eigenvalue weighted by atomic mass is 9.84. The first-order valence-corrected chi connectivity index (χ1v) is 7.33. The Kier molecular flexibility index (Phi) is 3.48. The predicted molar refractivity (Wildman–Crippen MR) is 81.8 cm³/mol. The van der Waals surface area contributed by atoms with Crippen LogP contribution in [0.15, 0.2) is 30.9 Å². The van der Waals surface area contributed by atoms with E-state index in [0.717, 1.165) is 11.3 Å². The van der Waals surface area contributed by atoms with Gasteiger partial charge < -0.3 is 10.0 Å². The molecule has 1 saturated heterocycles. The van der Waals surface area contributed by atoms with E-state index in [1.165, 1.54) is 0 Å². The summed E-state index contributed by atoms with van der Waals surface area (Å²) < 4.78 is 1.74. The third kappa shape index (κ3) is 2.62. The minimum absolute atomic E-state index is 0.0205. The summed E-state index contributed by atoms with van der Waals surface area (Å²) in [4.78, 5) is 14.5. The highest BCUT2D eigenvalue weighted by molar-refractivity contribution is 5.98. The number of amides is 1. The minimum atomic E-state index is -0.750. The van der Waals surface area contributed by atoms with Crippen LogP contribution < -0.4 is 0 Å². The molecule has 2 aromatic rings. The molecule has 116 valence electrons. The number of hydrogen-bond acceptors (Lipinski definition) is 4. The van der Waals surface area contributed by atoms with Crippen LogP contribution in [-0.2, 0) is 0 Å². The van der Waals surface area contributed by atoms with E-state index < -0.39 is 5.60 Å². The fourth-order valence-electron chi connectivity index (χ4n) is 2.63. The van der Waals surface area contributed by atoms with Crippen molar-refractivity contribution in [3.63, 3.8) is 0 Å². The molecular weight excluding hydrogens is 280 g/mol. The van der Waals surface area contributed by atoms with Crippen molar-refractivity contribution in [1.29, 1.82) is 0 Å². The van der Waals surface area contributed by atoms with Crippen LogP contribution in [0.3, 0.4) is 0 Å². The number of benzene rings is 1. The van der Waals surface area contributed by atoms with Crippen molar-refractivity contribution in [3.8, 4) is 5.69 Å². The number of aliphatic hydroxyl groups is 1. The lowest BCUT2D eigenvalue weighted by Gasteiger charge is -2.45. The highest BCUT2D eigenvalue weighted by atomic mass is 16.3. The van der Waals surface area contributed by atoms with Crippen molar-refractivity contribution in [1.82, 2.24) is 19.7 Å². The van der Waals surface area contributed by atoms with Crippen LogP contribution in [0.25, 0.3) is 5.69 Å². The van der Waals surface area contributed by atoms with Gasteiger partial charge in [-0.25, -0.2) is 0 Å². The molecular formula is C16H20N4O2. The van der Waals surface area contributed by atoms with Crippen LogP contribution in [0.5, 0.6) is 0 Å². The normalized spacial score (nSPS) is 15.7. The number of carbonyl (C=O) groups is 1. The molecule has 6 heteroatoms. The highest BCUT2D eigenvalue weighted by Crippen LogP contribution is 2.29. The molecule has 1 fully saturated rings. The van der Waals surface area contributed by atoms with Gasteiger partial charge in [-0.2, -0.15) is 0 Å². The first-order valence-electron chi connectivity index (χ1n) is 7.33. The molecule has 0 atom stereocenters. The van der Waals surface area contributed by atoms with Crippen LogP contribution in [0, 0.1) is 12.8 Å². The van der Waals surface area contributed by atoms with Crippen molar-refractivity contribution < 1.29 is 9.90 Å². The molecule has 1 aromatic carbocycles. The second-order valence-corrected chi connectivity index (χ2v) is 6.45. The van der Waals surface area contributed by atoms with Crippen LogP contribution >= 0.6 is 0 Å². The standard InChI is InChI=1S/C16H20N4O2/c1-11-4-5-14(20-9-17-18-10-20)13(6-11)15(21)19-7-12(8-19)16(2,3)22/h4-6,9-10,12,22H,7-8H2,1-3H3. The van der Waals surface area contributed by atoms with Gasteiger partial charge in [0, 0.05) is 19.0 Å². The van der Waals surface area contributed by atoms with E-state index in [4.69, 9.17) is 0 Å². The Morgan fingerprint density at radius 3 is 2.50 bits per heavy atom. The van der Waals surface area contributed by atoms with Gasteiger partial charge in [0.1, 0.15) is 12.7 Å². The van der Waals surface area contributed by atoms with Gasteiger partial charge in [-0.3, -0.25) is 9.36 Å². The summed E-state index contributed by atoms with van der Waals surface area (Å²) in [5.41, 5.74) is 1.68. The van der Waals surface area contributed by atoms with Crippen molar-refractivity contribution in [2.24, 2.45) is 5.92 Å². The Morgan fingerprint density at radius 1 is 1.27 bits per heavy atom. The zero-order valence-electron chi connectivity index (χ0n) is 13.0. The Morgan fingerprint density at radius 2 is 1.91 bits per heavy atom. The molecule has 0 radical (unpaired) electrons. The summed E-state index contributed by atoms with van der Waals surface area (Å²) in [6, 6.07) is 5.75. The second kappa shape index (κ2) is 5.21. The van der Waals surface area contributed by atoms with E-state index in [9.17, 15) is 9.90 Å². The van der Waals surface area contributed by atoms with Gasteiger partial charge in [0.25, 0.3) is 5.91 Å². The van der Waals surface area contributed by atoms with Gasteiger partial charge in [-0.1, -0.05) is 11.6 Å². The first kappa shape index (κ1) is 14.7. The largest absolute Gasteiger partial charge is 0.390 e. The van der Waals surface area contributed by atoms with Crippen molar-refractivity contribution >= 4 is 5.91 Å². The van der Waals surface area contributed by atoms with E-state index in [2.05, 4.69) is 10.2 Å². The number of aromatic nitrogens is 3. The molecule has 2 heterocycles. The van der Waals surface area contributed by atoms with Gasteiger partial charge in [0.15, 0.2) is 0 Å². The molecule has 22 heavy (non-hydrogen) atoms. The summed E-state index contributed by atoms with van der Waals surface area (Å²) in [6.45, 7) is 6.70. The lowest BCUT2D eigenvalue weighted by molar-refractivity contribution is -0.0507. The summed E-state index contributed by atoms with van der Waals surface area (Å²) in [7, 11) is 0. The molecule has 0 aliphatic carbocycles. The zero-order valence-corrected chi connectivity index (χ0v) is 13.0. The quantitative estimate of drug-likeness (QED) is 0.930. The van der Waals surface area contributed by atoms with Gasteiger partial charge in [0.2, 0.25) is 0 Å². The van der Waals surface area contributed by atoms with Crippen molar-refractivity contribution in [2.75, 3.05) is 13.1 Å². The number of nitrogens with zero attached hydrogens (tertiary/aromatic N) is 4. The molecule has 1 aliphatic rings. The fraction of sp³-hybridized carbons (Fsp3) is 0.438. The average Bonchev–Trinajstić information content (AvgIpc) is 2.88. The van der Waals surface area contributed by atoms with Gasteiger partial charge in [0.05, 0.1) is 16.9 Å². The predicted octanol–water partition coefficient (Wildman–Crippen LogP) is 1.42. The van der Waals surface area contributed by atoms with Crippen LogP contribution in [0.1, 0.15) is 29.8 Å². The summed E-state index contributed by atoms with van der Waals surface area (Å²) in [5, 5.41) is 17.6. The number of likely N-dealkylation sites (tertiary alicyclic amines) is 1. The van der Waals surface area contributed by atoms with Gasteiger partial charge >= 0.3 is 0 Å². The summed E-state index contributed by atoms with van der Waals surface area (Å²) >= 11 is 0. The van der Waals surface area contributed by atoms with E-state index in [1.54, 1.807) is 36.0 Å². The maximum atomic E-state index is 12.8. The molecule has 0 spiro atoms. The summed E-state index contributed by atoms with van der Waals surface area (Å²) in [5.74, 6) is 0.104. The first-order chi connectivity index (χ1) is 10.4. The molecule has 0 unspecified atom stereocenters. The second-order valence-electron chi connectivity index (χ2n) is 6.45. The number of rotatable bonds is 3. The Balaban J connectivity index is 1.86. The molecule has 3 rings (SSSR count). The lowest BCUT2D eigenvalue weighted by Crippen LogP contribution is -2.57. The molecule has 6 nitrogen and oxygen atoms in total. The molecule has 1 aliphatic heterocycles. The third-order valence-electron chi connectivity index (χ3n) is 4.25. The van der Waals surface area contributed by atoms with E-state index in [0.29, 0.717) is 18.7 Å². The van der Waals surface area contributed by atoms with E-state index >= 15 is 0 Å². The van der Waals surface area contributed by atoms with Crippen LogP contribution in [0.2, 0.25) is 0 Å². The zero-order chi connectivity index (χ0) is 15.9. The van der Waals surface area contributed by atoms with Crippen LogP contribution in [-0.4, -0.2) is 49.4 Å². The maximum absolute atomic E-state index is 12.8. The van der Waals surface area contributed by atoms with E-state index in [1.807, 2.05) is 25.1 Å².